The predicted molar refractivity (Wildman–Crippen MR) is 78.1 cm³/mol. The van der Waals surface area contributed by atoms with Gasteiger partial charge >= 0.3 is 0 Å². The molecule has 0 radical (unpaired) electrons. The van der Waals surface area contributed by atoms with Gasteiger partial charge in [0.05, 0.1) is 11.4 Å². The Labute approximate surface area is 115 Å². The Bertz CT molecular complexity index is 411. The van der Waals surface area contributed by atoms with E-state index in [1.54, 1.807) is 0 Å². The van der Waals surface area contributed by atoms with Crippen LogP contribution in [0.25, 0.3) is 0 Å². The van der Waals surface area contributed by atoms with E-state index < -0.39 is 0 Å². The fourth-order valence-electron chi connectivity index (χ4n) is 2.61. The predicted octanol–water partition coefficient (Wildman–Crippen LogP) is 1.16. The lowest BCUT2D eigenvalue weighted by molar-refractivity contribution is 0.264. The van der Waals surface area contributed by atoms with E-state index in [4.69, 9.17) is 10.7 Å². The van der Waals surface area contributed by atoms with Crippen molar-refractivity contribution in [2.45, 2.75) is 40.3 Å². The monoisotopic (exact) mass is 263 g/mol. The molecule has 2 rings (SSSR count). The summed E-state index contributed by atoms with van der Waals surface area (Å²) in [5, 5.41) is 0. The Morgan fingerprint density at radius 1 is 1.21 bits per heavy atom. The van der Waals surface area contributed by atoms with Crippen LogP contribution in [-0.2, 0) is 19.5 Å². The van der Waals surface area contributed by atoms with E-state index in [-0.39, 0.29) is 0 Å². The number of hydrogen-bond donors (Lipinski definition) is 1. The molecule has 2 N–H and O–H groups in total. The van der Waals surface area contributed by atoms with Gasteiger partial charge in [0, 0.05) is 44.7 Å². The number of rotatable bonds is 5. The molecule has 2 heterocycles. The first-order valence-electron chi connectivity index (χ1n) is 7.29. The average Bonchev–Trinajstić information content (AvgIpc) is 2.47. The largest absolute Gasteiger partial charge is 0.341 e. The highest BCUT2D eigenvalue weighted by atomic mass is 15.3. The summed E-state index contributed by atoms with van der Waals surface area (Å²) in [6.07, 6.45) is 1.01. The van der Waals surface area contributed by atoms with Gasteiger partial charge in [-0.1, -0.05) is 6.92 Å². The molecule has 19 heavy (non-hydrogen) atoms. The fourth-order valence-corrected chi connectivity index (χ4v) is 2.61. The third-order valence-corrected chi connectivity index (χ3v) is 3.90. The first-order valence-corrected chi connectivity index (χ1v) is 7.29. The van der Waals surface area contributed by atoms with Crippen LogP contribution in [0.3, 0.4) is 0 Å². The molecule has 1 aliphatic heterocycles. The second kappa shape index (κ2) is 6.30. The van der Waals surface area contributed by atoms with Crippen LogP contribution >= 0.6 is 0 Å². The minimum Gasteiger partial charge on any atom is -0.341 e. The van der Waals surface area contributed by atoms with Gasteiger partial charge in [0.1, 0.15) is 0 Å². The van der Waals surface area contributed by atoms with Gasteiger partial charge in [-0.05, 0) is 20.4 Å². The van der Waals surface area contributed by atoms with Crippen LogP contribution in [0.2, 0.25) is 0 Å². The summed E-state index contributed by atoms with van der Waals surface area (Å²) in [5.74, 6) is 0.842. The molecule has 0 bridgehead atoms. The molecule has 1 aromatic heterocycles. The first-order chi connectivity index (χ1) is 9.23. The number of hydrogen-bond acceptors (Lipinski definition) is 5. The molecule has 5 nitrogen and oxygen atoms in total. The summed E-state index contributed by atoms with van der Waals surface area (Å²) in [7, 11) is 0. The quantitative estimate of drug-likeness (QED) is 0.864. The molecule has 0 atom stereocenters. The summed E-state index contributed by atoms with van der Waals surface area (Å²) in [6, 6.07) is 0. The van der Waals surface area contributed by atoms with Gasteiger partial charge in [0.2, 0.25) is 5.95 Å². The van der Waals surface area contributed by atoms with Crippen LogP contribution in [0.5, 0.6) is 0 Å². The second-order valence-electron chi connectivity index (χ2n) is 4.89. The average molecular weight is 263 g/mol. The molecule has 0 amide bonds. The maximum absolute atomic E-state index is 5.89. The lowest BCUT2D eigenvalue weighted by Gasteiger charge is -2.29. The van der Waals surface area contributed by atoms with Crippen LogP contribution in [-0.4, -0.2) is 41.0 Å². The number of nitrogens with two attached hydrogens (primary N) is 1. The van der Waals surface area contributed by atoms with Gasteiger partial charge in [-0.2, -0.15) is 0 Å². The molecule has 0 aliphatic carbocycles. The van der Waals surface area contributed by atoms with Crippen molar-refractivity contribution >= 4 is 5.95 Å². The third kappa shape index (κ3) is 2.87. The van der Waals surface area contributed by atoms with Crippen LogP contribution in [0.15, 0.2) is 0 Å². The van der Waals surface area contributed by atoms with Crippen molar-refractivity contribution < 1.29 is 0 Å². The van der Waals surface area contributed by atoms with Crippen molar-refractivity contribution in [2.24, 2.45) is 5.73 Å². The van der Waals surface area contributed by atoms with E-state index in [1.807, 2.05) is 0 Å². The van der Waals surface area contributed by atoms with E-state index in [9.17, 15) is 0 Å². The molecule has 0 unspecified atom stereocenters. The van der Waals surface area contributed by atoms with Gasteiger partial charge in [-0.3, -0.25) is 4.90 Å². The highest BCUT2D eigenvalue weighted by Crippen LogP contribution is 2.22. The van der Waals surface area contributed by atoms with Crippen LogP contribution in [0, 0.1) is 0 Å². The SMILES string of the molecule is CCN1CCc2nc(N(CC)CC)nc(CN)c2C1. The third-order valence-electron chi connectivity index (χ3n) is 3.90. The summed E-state index contributed by atoms with van der Waals surface area (Å²) in [6.45, 7) is 11.9. The molecule has 0 fully saturated rings. The Hall–Kier alpha value is -1.20. The molecule has 106 valence electrons. The number of aromatic nitrogens is 2. The number of anilines is 1. The van der Waals surface area contributed by atoms with Gasteiger partial charge < -0.3 is 10.6 Å². The van der Waals surface area contributed by atoms with E-state index in [1.165, 1.54) is 11.3 Å². The molecule has 0 saturated carbocycles. The first kappa shape index (κ1) is 14.2. The number of nitrogens with zero attached hydrogens (tertiary/aromatic N) is 4. The number of likely N-dealkylation sites (N-methyl/N-ethyl adjacent to an activating group) is 1. The van der Waals surface area contributed by atoms with E-state index in [2.05, 4.69) is 35.6 Å². The van der Waals surface area contributed by atoms with Crippen molar-refractivity contribution in [3.8, 4) is 0 Å². The number of fused-ring (bicyclic) bond motifs is 1. The lowest BCUT2D eigenvalue weighted by atomic mass is 10.0. The molecule has 5 heteroatoms. The van der Waals surface area contributed by atoms with Crippen molar-refractivity contribution in [3.05, 3.63) is 17.0 Å². The zero-order valence-electron chi connectivity index (χ0n) is 12.3. The molecule has 1 aromatic rings. The summed E-state index contributed by atoms with van der Waals surface area (Å²) in [4.78, 5) is 14.0. The zero-order chi connectivity index (χ0) is 13.8. The van der Waals surface area contributed by atoms with Crippen molar-refractivity contribution in [2.75, 3.05) is 31.1 Å². The summed E-state index contributed by atoms with van der Waals surface area (Å²) >= 11 is 0. The second-order valence-corrected chi connectivity index (χ2v) is 4.89. The minimum absolute atomic E-state index is 0.497. The topological polar surface area (TPSA) is 58.3 Å². The van der Waals surface area contributed by atoms with E-state index >= 15 is 0 Å². The highest BCUT2D eigenvalue weighted by Gasteiger charge is 2.21. The Morgan fingerprint density at radius 2 is 1.95 bits per heavy atom. The molecular formula is C14H25N5. The van der Waals surface area contributed by atoms with Gasteiger partial charge in [-0.25, -0.2) is 9.97 Å². The fraction of sp³-hybridized carbons (Fsp3) is 0.714. The molecule has 0 saturated heterocycles. The Kier molecular flexibility index (Phi) is 4.71. The van der Waals surface area contributed by atoms with Gasteiger partial charge in [0.15, 0.2) is 0 Å². The smallest absolute Gasteiger partial charge is 0.225 e. The van der Waals surface area contributed by atoms with Crippen molar-refractivity contribution in [3.63, 3.8) is 0 Å². The van der Waals surface area contributed by atoms with Crippen molar-refractivity contribution in [1.82, 2.24) is 14.9 Å². The standard InChI is InChI=1S/C14H25N5/c1-4-18-8-7-12-11(10-18)13(9-15)17-14(16-12)19(5-2)6-3/h4-10,15H2,1-3H3. The van der Waals surface area contributed by atoms with Gasteiger partial charge in [0.25, 0.3) is 0 Å². The lowest BCUT2D eigenvalue weighted by Crippen LogP contribution is -2.34. The highest BCUT2D eigenvalue weighted by molar-refractivity contribution is 5.38. The summed E-state index contributed by atoms with van der Waals surface area (Å²) < 4.78 is 0. The maximum atomic E-state index is 5.89. The Balaban J connectivity index is 2.38. The molecule has 0 spiro atoms. The minimum atomic E-state index is 0.497. The molecular weight excluding hydrogens is 238 g/mol. The van der Waals surface area contributed by atoms with E-state index in [0.717, 1.165) is 50.8 Å². The van der Waals surface area contributed by atoms with Crippen LogP contribution in [0.4, 0.5) is 5.95 Å². The maximum Gasteiger partial charge on any atom is 0.225 e. The summed E-state index contributed by atoms with van der Waals surface area (Å²) in [5.41, 5.74) is 9.36. The van der Waals surface area contributed by atoms with E-state index in [0.29, 0.717) is 6.54 Å². The Morgan fingerprint density at radius 3 is 2.53 bits per heavy atom. The van der Waals surface area contributed by atoms with Gasteiger partial charge in [-0.15, -0.1) is 0 Å². The normalized spacial score (nSPS) is 15.4. The zero-order valence-corrected chi connectivity index (χ0v) is 12.3. The van der Waals surface area contributed by atoms with Crippen LogP contribution in [0.1, 0.15) is 37.7 Å². The molecule has 1 aliphatic rings. The van der Waals surface area contributed by atoms with Crippen molar-refractivity contribution in [1.29, 1.82) is 0 Å². The van der Waals surface area contributed by atoms with Crippen LogP contribution < -0.4 is 10.6 Å². The molecule has 0 aromatic carbocycles.